The van der Waals surface area contributed by atoms with Gasteiger partial charge in [0, 0.05) is 61.8 Å². The molecule has 1 unspecified atom stereocenters. The molecule has 4 heterocycles. The normalized spacial score (nSPS) is 24.8. The maximum atomic E-state index is 5.50. The van der Waals surface area contributed by atoms with Crippen molar-refractivity contribution in [3.8, 4) is 0 Å². The number of thioether (sulfide) groups is 2. The van der Waals surface area contributed by atoms with Crippen LogP contribution in [0.4, 0.5) is 17.8 Å². The second-order valence-electron chi connectivity index (χ2n) is 6.78. The molecule has 9 heteroatoms. The quantitative estimate of drug-likeness (QED) is 0.755. The summed E-state index contributed by atoms with van der Waals surface area (Å²) in [6, 6.07) is 0. The van der Waals surface area contributed by atoms with E-state index >= 15 is 0 Å². The van der Waals surface area contributed by atoms with E-state index in [-0.39, 0.29) is 0 Å². The third kappa shape index (κ3) is 4.31. The van der Waals surface area contributed by atoms with Gasteiger partial charge in [-0.05, 0) is 6.42 Å². The number of anilines is 3. The van der Waals surface area contributed by atoms with Crippen molar-refractivity contribution in [3.05, 3.63) is 0 Å². The first kappa shape index (κ1) is 18.4. The van der Waals surface area contributed by atoms with Gasteiger partial charge in [-0.1, -0.05) is 6.92 Å². The molecule has 26 heavy (non-hydrogen) atoms. The predicted octanol–water partition coefficient (Wildman–Crippen LogP) is 1.59. The van der Waals surface area contributed by atoms with Gasteiger partial charge in [-0.15, -0.1) is 0 Å². The Kier molecular flexibility index (Phi) is 6.27. The van der Waals surface area contributed by atoms with Gasteiger partial charge in [0.15, 0.2) is 0 Å². The van der Waals surface area contributed by atoms with Crippen molar-refractivity contribution < 1.29 is 4.74 Å². The van der Waals surface area contributed by atoms with Crippen LogP contribution in [0, 0.1) is 0 Å². The number of aromatic nitrogens is 3. The van der Waals surface area contributed by atoms with Crippen LogP contribution in [0.15, 0.2) is 0 Å². The molecule has 3 saturated heterocycles. The van der Waals surface area contributed by atoms with Gasteiger partial charge in [-0.25, -0.2) is 0 Å². The third-order valence-electron chi connectivity index (χ3n) is 5.06. The molecule has 3 aliphatic rings. The lowest BCUT2D eigenvalue weighted by Crippen LogP contribution is -2.42. The average molecular weight is 397 g/mol. The van der Waals surface area contributed by atoms with Gasteiger partial charge >= 0.3 is 0 Å². The van der Waals surface area contributed by atoms with Crippen molar-refractivity contribution in [2.75, 3.05) is 84.4 Å². The van der Waals surface area contributed by atoms with Crippen molar-refractivity contribution in [2.24, 2.45) is 0 Å². The topological polar surface area (TPSA) is 57.6 Å². The van der Waals surface area contributed by atoms with Gasteiger partial charge in [-0.2, -0.15) is 38.5 Å². The number of morpholine rings is 1. The van der Waals surface area contributed by atoms with Gasteiger partial charge in [0.05, 0.1) is 13.2 Å². The van der Waals surface area contributed by atoms with Gasteiger partial charge < -0.3 is 19.4 Å². The van der Waals surface area contributed by atoms with Crippen LogP contribution < -0.4 is 14.7 Å². The Hall–Kier alpha value is -0.930. The maximum Gasteiger partial charge on any atom is 0.232 e. The van der Waals surface area contributed by atoms with Crippen molar-refractivity contribution in [1.82, 2.24) is 15.0 Å². The van der Waals surface area contributed by atoms with Gasteiger partial charge in [0.1, 0.15) is 0 Å². The summed E-state index contributed by atoms with van der Waals surface area (Å²) in [7, 11) is 0. The lowest BCUT2D eigenvalue weighted by Gasteiger charge is -2.34. The van der Waals surface area contributed by atoms with Crippen LogP contribution in [0.2, 0.25) is 0 Å². The fourth-order valence-corrected chi connectivity index (χ4v) is 5.53. The highest BCUT2D eigenvalue weighted by atomic mass is 32.2. The van der Waals surface area contributed by atoms with Gasteiger partial charge in [-0.3, -0.25) is 0 Å². The van der Waals surface area contributed by atoms with Crippen molar-refractivity contribution in [2.45, 2.75) is 18.6 Å². The molecule has 1 atom stereocenters. The van der Waals surface area contributed by atoms with Crippen molar-refractivity contribution in [3.63, 3.8) is 0 Å². The van der Waals surface area contributed by atoms with E-state index in [0.29, 0.717) is 5.25 Å². The summed E-state index contributed by atoms with van der Waals surface area (Å²) in [6.45, 7) is 9.55. The summed E-state index contributed by atoms with van der Waals surface area (Å²) in [6.07, 6.45) is 1.19. The van der Waals surface area contributed by atoms with Crippen LogP contribution in [0.1, 0.15) is 13.3 Å². The van der Waals surface area contributed by atoms with Crippen LogP contribution in [-0.4, -0.2) is 89.9 Å². The highest BCUT2D eigenvalue weighted by Gasteiger charge is 2.25. The molecule has 0 amide bonds. The Bertz CT molecular complexity index is 558. The van der Waals surface area contributed by atoms with E-state index in [0.717, 1.165) is 87.6 Å². The third-order valence-corrected chi connectivity index (χ3v) is 7.38. The minimum Gasteiger partial charge on any atom is -0.378 e. The minimum atomic E-state index is 0.669. The van der Waals surface area contributed by atoms with E-state index in [1.807, 2.05) is 11.8 Å². The molecule has 0 saturated carbocycles. The number of hydrogen-bond acceptors (Lipinski definition) is 9. The van der Waals surface area contributed by atoms with E-state index in [9.17, 15) is 0 Å². The molecule has 1 aromatic rings. The summed E-state index contributed by atoms with van der Waals surface area (Å²) >= 11 is 4.08. The SMILES string of the molecule is CCC1CN(c2nc(N3CCOCC3)nc(N3CCSCC3)n2)CCS1. The first-order valence-electron chi connectivity index (χ1n) is 9.61. The summed E-state index contributed by atoms with van der Waals surface area (Å²) in [4.78, 5) is 21.5. The monoisotopic (exact) mass is 396 g/mol. The molecule has 0 spiro atoms. The number of nitrogens with zero attached hydrogens (tertiary/aromatic N) is 6. The van der Waals surface area contributed by atoms with Crippen LogP contribution in [0.3, 0.4) is 0 Å². The standard InChI is InChI=1S/C17H28N6OS2/c1-2-14-13-23(7-12-26-14)17-19-15(21-3-8-24-9-4-21)18-16(20-17)22-5-10-25-11-6-22/h14H,2-13H2,1H3. The highest BCUT2D eigenvalue weighted by molar-refractivity contribution is 8.00. The molecule has 3 fully saturated rings. The summed E-state index contributed by atoms with van der Waals surface area (Å²) < 4.78 is 5.50. The molecule has 3 aliphatic heterocycles. The number of rotatable bonds is 4. The minimum absolute atomic E-state index is 0.669. The molecule has 0 aliphatic carbocycles. The van der Waals surface area contributed by atoms with Crippen LogP contribution in [0.25, 0.3) is 0 Å². The van der Waals surface area contributed by atoms with E-state index in [4.69, 9.17) is 19.7 Å². The van der Waals surface area contributed by atoms with Crippen molar-refractivity contribution >= 4 is 41.4 Å². The Morgan fingerprint density at radius 1 is 0.846 bits per heavy atom. The molecule has 144 valence electrons. The summed E-state index contributed by atoms with van der Waals surface area (Å²) in [5.41, 5.74) is 0. The zero-order valence-electron chi connectivity index (χ0n) is 15.5. The average Bonchev–Trinajstić information content (AvgIpc) is 2.75. The fraction of sp³-hybridized carbons (Fsp3) is 0.824. The maximum absolute atomic E-state index is 5.50. The molecule has 1 aromatic heterocycles. The Morgan fingerprint density at radius 2 is 1.42 bits per heavy atom. The van der Waals surface area contributed by atoms with Crippen LogP contribution in [0.5, 0.6) is 0 Å². The molecule has 0 aromatic carbocycles. The summed E-state index contributed by atoms with van der Waals surface area (Å²) in [5, 5.41) is 0.669. The highest BCUT2D eigenvalue weighted by Crippen LogP contribution is 2.27. The van der Waals surface area contributed by atoms with Crippen LogP contribution in [-0.2, 0) is 4.74 Å². The smallest absolute Gasteiger partial charge is 0.232 e. The van der Waals surface area contributed by atoms with Crippen LogP contribution >= 0.6 is 23.5 Å². The first-order chi connectivity index (χ1) is 12.8. The molecular formula is C17H28N6OS2. The van der Waals surface area contributed by atoms with Crippen molar-refractivity contribution in [1.29, 1.82) is 0 Å². The molecule has 0 radical (unpaired) electrons. The molecule has 0 bridgehead atoms. The largest absolute Gasteiger partial charge is 0.378 e. The zero-order chi connectivity index (χ0) is 17.8. The lowest BCUT2D eigenvalue weighted by molar-refractivity contribution is 0.122. The zero-order valence-corrected chi connectivity index (χ0v) is 17.1. The number of ether oxygens (including phenoxy) is 1. The van der Waals surface area contributed by atoms with E-state index in [1.165, 1.54) is 6.42 Å². The predicted molar refractivity (Wildman–Crippen MR) is 111 cm³/mol. The van der Waals surface area contributed by atoms with Gasteiger partial charge in [0.25, 0.3) is 0 Å². The molecular weight excluding hydrogens is 368 g/mol. The Morgan fingerprint density at radius 3 is 2.08 bits per heavy atom. The van der Waals surface area contributed by atoms with E-state index in [2.05, 4.69) is 33.4 Å². The number of hydrogen-bond donors (Lipinski definition) is 0. The van der Waals surface area contributed by atoms with E-state index < -0.39 is 0 Å². The molecule has 0 N–H and O–H groups in total. The molecule has 7 nitrogen and oxygen atoms in total. The first-order valence-corrected chi connectivity index (χ1v) is 11.8. The van der Waals surface area contributed by atoms with E-state index in [1.54, 1.807) is 0 Å². The summed E-state index contributed by atoms with van der Waals surface area (Å²) in [5.74, 6) is 5.96. The Balaban J connectivity index is 1.62. The lowest BCUT2D eigenvalue weighted by atomic mass is 10.3. The van der Waals surface area contributed by atoms with Gasteiger partial charge in [0.2, 0.25) is 17.8 Å². The fourth-order valence-electron chi connectivity index (χ4n) is 3.44. The second kappa shape index (κ2) is 8.84. The molecule has 4 rings (SSSR count). The second-order valence-corrected chi connectivity index (χ2v) is 9.41. The Labute approximate surface area is 164 Å².